The third-order valence-electron chi connectivity index (χ3n) is 9.39. The molecule has 6 aromatic carbocycles. The van der Waals surface area contributed by atoms with E-state index in [1.54, 1.807) is 12.4 Å². The first kappa shape index (κ1) is 38.0. The Morgan fingerprint density at radius 3 is 0.929 bits per heavy atom. The SMILES string of the molecule is O=P(c1ccccc1)(c1ccccc1)c1ccccc1CNc1ccccn1.O=P(c1ccccc1)(c1ccccc1)c1ccccc1CNc1ccccn1. The van der Waals surface area contributed by atoms with Crippen molar-refractivity contribution in [1.82, 2.24) is 9.97 Å². The second-order valence-corrected chi connectivity index (χ2v) is 18.4. The van der Waals surface area contributed by atoms with E-state index in [4.69, 9.17) is 0 Å². The number of anilines is 2. The summed E-state index contributed by atoms with van der Waals surface area (Å²) in [5.41, 5.74) is 2.01. The number of nitrogens with one attached hydrogen (secondary N) is 2. The van der Waals surface area contributed by atoms with E-state index < -0.39 is 14.3 Å². The summed E-state index contributed by atoms with van der Waals surface area (Å²) in [7, 11) is -5.99. The van der Waals surface area contributed by atoms with Gasteiger partial charge in [0.25, 0.3) is 0 Å². The van der Waals surface area contributed by atoms with Crippen molar-refractivity contribution >= 4 is 57.7 Å². The number of hydrogen-bond acceptors (Lipinski definition) is 6. The maximum absolute atomic E-state index is 14.6. The molecule has 2 N–H and O–H groups in total. The fourth-order valence-electron chi connectivity index (χ4n) is 6.65. The first-order valence-corrected chi connectivity index (χ1v) is 21.9. The second kappa shape index (κ2) is 18.3. The first-order chi connectivity index (χ1) is 27.6. The highest BCUT2D eigenvalue weighted by Gasteiger charge is 2.32. The molecule has 8 aromatic rings. The van der Waals surface area contributed by atoms with Crippen molar-refractivity contribution in [3.63, 3.8) is 0 Å². The van der Waals surface area contributed by atoms with E-state index in [2.05, 4.69) is 20.6 Å². The average Bonchev–Trinajstić information content (AvgIpc) is 3.29. The number of pyridine rings is 2. The molecule has 56 heavy (non-hydrogen) atoms. The highest BCUT2D eigenvalue weighted by molar-refractivity contribution is 7.85. The fourth-order valence-corrected chi connectivity index (χ4v) is 12.4. The third-order valence-corrected chi connectivity index (χ3v) is 15.7. The number of hydrogen-bond donors (Lipinski definition) is 2. The van der Waals surface area contributed by atoms with Gasteiger partial charge in [0.2, 0.25) is 0 Å². The van der Waals surface area contributed by atoms with E-state index in [1.165, 1.54) is 0 Å². The summed E-state index contributed by atoms with van der Waals surface area (Å²) in [4.78, 5) is 8.64. The molecule has 0 saturated carbocycles. The molecule has 0 unspecified atom stereocenters. The Morgan fingerprint density at radius 1 is 0.339 bits per heavy atom. The van der Waals surface area contributed by atoms with Crippen LogP contribution in [0.25, 0.3) is 0 Å². The minimum atomic E-state index is -3.00. The maximum atomic E-state index is 14.6. The highest BCUT2D eigenvalue weighted by Crippen LogP contribution is 2.44. The van der Waals surface area contributed by atoms with Crippen molar-refractivity contribution in [2.45, 2.75) is 13.1 Å². The third kappa shape index (κ3) is 8.64. The van der Waals surface area contributed by atoms with Crippen LogP contribution >= 0.6 is 14.3 Å². The first-order valence-electron chi connectivity index (χ1n) is 18.5. The van der Waals surface area contributed by atoms with Crippen molar-refractivity contribution < 1.29 is 9.13 Å². The highest BCUT2D eigenvalue weighted by atomic mass is 31.2. The van der Waals surface area contributed by atoms with Crippen molar-refractivity contribution in [3.05, 3.63) is 230 Å². The number of aromatic nitrogens is 2. The van der Waals surface area contributed by atoms with Crippen molar-refractivity contribution in [1.29, 1.82) is 0 Å². The van der Waals surface area contributed by atoms with Crippen LogP contribution in [0.2, 0.25) is 0 Å². The molecule has 0 aliphatic heterocycles. The van der Waals surface area contributed by atoms with Crippen LogP contribution in [0.1, 0.15) is 11.1 Å². The predicted molar refractivity (Wildman–Crippen MR) is 235 cm³/mol. The molecule has 8 heteroatoms. The van der Waals surface area contributed by atoms with Crippen molar-refractivity contribution in [3.8, 4) is 0 Å². The van der Waals surface area contributed by atoms with Gasteiger partial charge >= 0.3 is 0 Å². The van der Waals surface area contributed by atoms with Gasteiger partial charge in [-0.25, -0.2) is 9.97 Å². The summed E-state index contributed by atoms with van der Waals surface area (Å²) in [5, 5.41) is 11.8. The summed E-state index contributed by atoms with van der Waals surface area (Å²) >= 11 is 0. The molecule has 2 aromatic heterocycles. The van der Waals surface area contributed by atoms with Crippen LogP contribution in [0.4, 0.5) is 11.6 Å². The van der Waals surface area contributed by atoms with Crippen molar-refractivity contribution in [2.24, 2.45) is 0 Å². The number of rotatable bonds is 12. The monoisotopic (exact) mass is 768 g/mol. The van der Waals surface area contributed by atoms with E-state index in [-0.39, 0.29) is 0 Å². The Balaban J connectivity index is 0.000000172. The Bertz CT molecular complexity index is 2260. The molecule has 0 bridgehead atoms. The summed E-state index contributed by atoms with van der Waals surface area (Å²) in [6, 6.07) is 66.4. The summed E-state index contributed by atoms with van der Waals surface area (Å²) in [6.07, 6.45) is 3.51. The Kier molecular flexibility index (Phi) is 12.4. The molecule has 276 valence electrons. The van der Waals surface area contributed by atoms with Gasteiger partial charge in [-0.05, 0) is 35.4 Å². The molecule has 0 aliphatic rings. The van der Waals surface area contributed by atoms with Crippen LogP contribution in [-0.2, 0) is 22.2 Å². The molecule has 0 fully saturated rings. The van der Waals surface area contributed by atoms with Crippen molar-refractivity contribution in [2.75, 3.05) is 10.6 Å². The van der Waals surface area contributed by atoms with Gasteiger partial charge in [-0.3, -0.25) is 0 Å². The zero-order valence-electron chi connectivity index (χ0n) is 30.8. The van der Waals surface area contributed by atoms with Gasteiger partial charge in [-0.1, -0.05) is 182 Å². The number of benzene rings is 6. The molecule has 6 nitrogen and oxygen atoms in total. The normalized spacial score (nSPS) is 11.1. The fraction of sp³-hybridized carbons (Fsp3) is 0.0417. The van der Waals surface area contributed by atoms with Crippen LogP contribution in [0.5, 0.6) is 0 Å². The maximum Gasteiger partial charge on any atom is 0.171 e. The molecule has 0 amide bonds. The Hall–Kier alpha value is -6.32. The minimum absolute atomic E-state index is 0.552. The lowest BCUT2D eigenvalue weighted by Gasteiger charge is -2.23. The standard InChI is InChI=1S/2C24H21N2OP/c2*27-28(21-12-3-1-4-13-21,22-14-5-2-6-15-22)23-16-8-7-11-20(23)19-26-24-17-9-10-18-25-24/h2*1-18H,19H2,(H,25,26). The lowest BCUT2D eigenvalue weighted by atomic mass is 10.2. The van der Waals surface area contributed by atoms with Gasteiger partial charge in [0.15, 0.2) is 14.3 Å². The smallest absolute Gasteiger partial charge is 0.171 e. The lowest BCUT2D eigenvalue weighted by molar-refractivity contribution is 0.591. The molecule has 0 aliphatic carbocycles. The van der Waals surface area contributed by atoms with Crippen LogP contribution in [0.3, 0.4) is 0 Å². The van der Waals surface area contributed by atoms with Gasteiger partial charge in [0, 0.05) is 57.3 Å². The molecule has 8 rings (SSSR count). The lowest BCUT2D eigenvalue weighted by Crippen LogP contribution is -2.28. The predicted octanol–water partition coefficient (Wildman–Crippen LogP) is 8.67. The van der Waals surface area contributed by atoms with Gasteiger partial charge in [-0.15, -0.1) is 0 Å². The van der Waals surface area contributed by atoms with E-state index in [0.717, 1.165) is 54.6 Å². The van der Waals surface area contributed by atoms with E-state index in [9.17, 15) is 9.13 Å². The van der Waals surface area contributed by atoms with Crippen LogP contribution < -0.4 is 42.5 Å². The quantitative estimate of drug-likeness (QED) is 0.121. The summed E-state index contributed by atoms with van der Waals surface area (Å²) in [5.74, 6) is 1.60. The van der Waals surface area contributed by atoms with Gasteiger partial charge in [0.05, 0.1) is 0 Å². The van der Waals surface area contributed by atoms with Gasteiger partial charge in [0.1, 0.15) is 11.6 Å². The van der Waals surface area contributed by atoms with Crippen LogP contribution in [-0.4, -0.2) is 9.97 Å². The molecular weight excluding hydrogens is 727 g/mol. The minimum Gasteiger partial charge on any atom is -0.366 e. The average molecular weight is 769 g/mol. The van der Waals surface area contributed by atoms with Crippen LogP contribution in [0.15, 0.2) is 219 Å². The van der Waals surface area contributed by atoms with Gasteiger partial charge < -0.3 is 19.8 Å². The Morgan fingerprint density at radius 2 is 0.625 bits per heavy atom. The van der Waals surface area contributed by atoms with Gasteiger partial charge in [-0.2, -0.15) is 0 Å². The molecule has 2 heterocycles. The summed E-state index contributed by atoms with van der Waals surface area (Å²) in [6.45, 7) is 1.10. The van der Waals surface area contributed by atoms with E-state index >= 15 is 0 Å². The zero-order valence-corrected chi connectivity index (χ0v) is 32.6. The topological polar surface area (TPSA) is 84.0 Å². The molecular formula is C48H42N4O2P2. The molecule has 0 saturated heterocycles. The van der Waals surface area contributed by atoms with Crippen LogP contribution in [0, 0.1) is 0 Å². The summed E-state index contributed by atoms with van der Waals surface area (Å²) < 4.78 is 29.2. The Labute approximate surface area is 329 Å². The largest absolute Gasteiger partial charge is 0.366 e. The van der Waals surface area contributed by atoms with E-state index in [0.29, 0.717) is 13.1 Å². The molecule has 0 atom stereocenters. The molecule has 0 spiro atoms. The second-order valence-electron chi connectivity index (χ2n) is 13.0. The zero-order chi connectivity index (χ0) is 38.5. The molecule has 0 radical (unpaired) electrons. The van der Waals surface area contributed by atoms with E-state index in [1.807, 2.05) is 206 Å². The number of nitrogens with zero attached hydrogens (tertiary/aromatic N) is 2.